The Hall–Kier alpha value is -0.820. The van der Waals surface area contributed by atoms with Crippen LogP contribution in [0.1, 0.15) is 8.30 Å². The van der Waals surface area contributed by atoms with Crippen molar-refractivity contribution in [3.63, 3.8) is 0 Å². The van der Waals surface area contributed by atoms with Gasteiger partial charge in [-0.2, -0.15) is 0 Å². The van der Waals surface area contributed by atoms with Crippen molar-refractivity contribution in [2.24, 2.45) is 0 Å². The molecule has 0 saturated heterocycles. The Morgan fingerprint density at radius 2 is 2.22 bits per heavy atom. The van der Waals surface area contributed by atoms with Gasteiger partial charge in [-0.1, -0.05) is 30.3 Å². The molecular weight excluding hydrogens is 112 g/mol. The summed E-state index contributed by atoms with van der Waals surface area (Å²) in [4.78, 5) is 0. The van der Waals surface area contributed by atoms with E-state index >= 15 is 0 Å². The molecule has 0 atom stereocenters. The zero-order valence-electron chi connectivity index (χ0n) is 8.00. The van der Waals surface area contributed by atoms with Gasteiger partial charge in [-0.3, -0.25) is 0 Å². The van der Waals surface area contributed by atoms with Crippen LogP contribution in [-0.4, -0.2) is 13.1 Å². The van der Waals surface area contributed by atoms with Crippen molar-refractivity contribution < 1.29 is 7.85 Å². The van der Waals surface area contributed by atoms with Gasteiger partial charge in [0.05, 0.1) is 0 Å². The summed E-state index contributed by atoms with van der Waals surface area (Å²) in [6.07, 6.45) is -1.57. The Morgan fingerprint density at radius 3 is 2.89 bits per heavy atom. The second kappa shape index (κ2) is 3.25. The SMILES string of the molecule is [2H]OCC([2H])([2H])c1ccccc1. The van der Waals surface area contributed by atoms with E-state index in [4.69, 9.17) is 4.17 Å². The number of hydrogen-bond donors (Lipinski definition) is 1. The van der Waals surface area contributed by atoms with E-state index in [1.165, 1.54) is 0 Å². The molecule has 1 heteroatoms. The Bertz CT molecular complexity index is 235. The maximum absolute atomic E-state index is 7.49. The first-order valence-electron chi connectivity index (χ1n) is 4.21. The Kier molecular flexibility index (Phi) is 1.22. The summed E-state index contributed by atoms with van der Waals surface area (Å²) >= 11 is 0. The molecule has 0 aliphatic heterocycles. The summed E-state index contributed by atoms with van der Waals surface area (Å²) in [7, 11) is 0. The fourth-order valence-corrected chi connectivity index (χ4v) is 0.639. The van der Waals surface area contributed by atoms with E-state index in [1.807, 2.05) is 6.07 Å². The van der Waals surface area contributed by atoms with Gasteiger partial charge in [0.25, 0.3) is 0 Å². The molecule has 0 saturated carbocycles. The van der Waals surface area contributed by atoms with Crippen molar-refractivity contribution in [2.45, 2.75) is 6.37 Å². The van der Waals surface area contributed by atoms with Gasteiger partial charge in [-0.25, -0.2) is 0 Å². The Labute approximate surface area is 59.3 Å². The maximum Gasteiger partial charge on any atom is 0.210 e. The van der Waals surface area contributed by atoms with Crippen molar-refractivity contribution in [2.75, 3.05) is 6.61 Å². The molecule has 0 spiro atoms. The standard InChI is InChI=1S/C8H10O/c9-7-6-8-4-2-1-3-5-8/h1-5,9H,6-7H2/i6D2,9D. The second-order valence-electron chi connectivity index (χ2n) is 1.69. The van der Waals surface area contributed by atoms with Gasteiger partial charge in [0.1, 0.15) is 0 Å². The molecule has 1 N–H and O–H groups in total. The van der Waals surface area contributed by atoms with Gasteiger partial charge in [-0.05, 0) is 11.9 Å². The number of benzene rings is 1. The predicted molar refractivity (Wildman–Crippen MR) is 37.2 cm³/mol. The maximum atomic E-state index is 7.49. The smallest absolute Gasteiger partial charge is 0.210 e. The minimum atomic E-state index is -1.57. The van der Waals surface area contributed by atoms with Crippen LogP contribution in [0.2, 0.25) is 0 Å². The highest BCUT2D eigenvalue weighted by molar-refractivity contribution is 5.14. The quantitative estimate of drug-likeness (QED) is 0.644. The normalized spacial score (nSPS) is 15.8. The topological polar surface area (TPSA) is 20.2 Å². The lowest BCUT2D eigenvalue weighted by Crippen LogP contribution is -1.88. The molecule has 0 heterocycles. The van der Waals surface area contributed by atoms with E-state index in [2.05, 4.69) is 5.11 Å². The third kappa shape index (κ3) is 1.86. The minimum Gasteiger partial charge on any atom is -0.396 e. The third-order valence-electron chi connectivity index (χ3n) is 1.05. The highest BCUT2D eigenvalue weighted by atomic mass is 16.2. The van der Waals surface area contributed by atoms with Gasteiger partial charge >= 0.3 is 0 Å². The number of aliphatic hydroxyl groups is 1. The zero-order valence-corrected chi connectivity index (χ0v) is 5.00. The molecule has 0 radical (unpaired) electrons. The molecule has 1 rings (SSSR count). The van der Waals surface area contributed by atoms with Crippen LogP contribution in [0, 0.1) is 0 Å². The van der Waals surface area contributed by atoms with Crippen molar-refractivity contribution in [3.8, 4) is 0 Å². The second-order valence-corrected chi connectivity index (χ2v) is 1.69. The van der Waals surface area contributed by atoms with Gasteiger partial charge < -0.3 is 5.11 Å². The molecule has 0 unspecified atom stereocenters. The Morgan fingerprint density at radius 1 is 1.44 bits per heavy atom. The molecule has 1 aromatic carbocycles. The molecule has 1 nitrogen and oxygen atoms in total. The van der Waals surface area contributed by atoms with Crippen molar-refractivity contribution in [3.05, 3.63) is 35.9 Å². The van der Waals surface area contributed by atoms with E-state index in [0.29, 0.717) is 5.56 Å². The highest BCUT2D eigenvalue weighted by Crippen LogP contribution is 1.97. The number of rotatable bonds is 3. The summed E-state index contributed by atoms with van der Waals surface area (Å²) in [5, 5.41) is 4.04. The lowest BCUT2D eigenvalue weighted by Gasteiger charge is -1.93. The largest absolute Gasteiger partial charge is 0.396 e. The van der Waals surface area contributed by atoms with Gasteiger partial charge in [-0.15, -0.1) is 0 Å². The average molecular weight is 125 g/mol. The zero-order chi connectivity index (χ0) is 9.03. The first-order valence-corrected chi connectivity index (χ1v) is 2.80. The van der Waals surface area contributed by atoms with E-state index in [1.54, 1.807) is 24.3 Å². The number of hydrogen-bond acceptors (Lipinski definition) is 1. The van der Waals surface area contributed by atoms with Crippen LogP contribution in [0.25, 0.3) is 0 Å². The van der Waals surface area contributed by atoms with Crippen LogP contribution in [0.15, 0.2) is 30.3 Å². The summed E-state index contributed by atoms with van der Waals surface area (Å²) in [6.45, 7) is -0.239. The predicted octanol–water partition coefficient (Wildman–Crippen LogP) is 1.22. The van der Waals surface area contributed by atoms with Gasteiger partial charge in [0.2, 0.25) is 1.43 Å². The van der Waals surface area contributed by atoms with Crippen LogP contribution in [-0.2, 0) is 6.37 Å². The molecular formula is C8H10O. The molecule has 0 aromatic heterocycles. The van der Waals surface area contributed by atoms with Crippen molar-refractivity contribution in [1.29, 1.82) is 1.43 Å². The van der Waals surface area contributed by atoms with Crippen LogP contribution in [0.4, 0.5) is 0 Å². The summed E-state index contributed by atoms with van der Waals surface area (Å²) in [5.41, 5.74) is 0.539. The average Bonchev–Trinajstić information content (AvgIpc) is 2.06. The molecule has 0 aliphatic carbocycles. The van der Waals surface area contributed by atoms with E-state index < -0.39 is 6.37 Å². The van der Waals surface area contributed by atoms with Crippen LogP contribution < -0.4 is 0 Å². The molecule has 0 amide bonds. The fraction of sp³-hybridized carbons (Fsp3) is 0.250. The van der Waals surface area contributed by atoms with Gasteiger partial charge in [0.15, 0.2) is 0 Å². The van der Waals surface area contributed by atoms with Crippen LogP contribution in [0.5, 0.6) is 0 Å². The molecule has 0 fully saturated rings. The lowest BCUT2D eigenvalue weighted by molar-refractivity contribution is 0.299. The van der Waals surface area contributed by atoms with E-state index in [-0.39, 0.29) is 6.61 Å². The number of aliphatic hydroxyl groups excluding tert-OH is 1. The van der Waals surface area contributed by atoms with Gasteiger partial charge in [0, 0.05) is 9.35 Å². The highest BCUT2D eigenvalue weighted by Gasteiger charge is 1.85. The van der Waals surface area contributed by atoms with E-state index in [9.17, 15) is 0 Å². The van der Waals surface area contributed by atoms with Crippen LogP contribution in [0.3, 0.4) is 0 Å². The third-order valence-corrected chi connectivity index (χ3v) is 1.05. The molecule has 48 valence electrons. The monoisotopic (exact) mass is 125 g/mol. The molecule has 1 aromatic rings. The lowest BCUT2D eigenvalue weighted by atomic mass is 10.2. The fourth-order valence-electron chi connectivity index (χ4n) is 0.639. The van der Waals surface area contributed by atoms with Crippen molar-refractivity contribution >= 4 is 0 Å². The first-order chi connectivity index (χ1) is 5.67. The summed E-state index contributed by atoms with van der Waals surface area (Å²) < 4.78 is 21.4. The van der Waals surface area contributed by atoms with E-state index in [0.717, 1.165) is 0 Å². The molecule has 0 aliphatic rings. The first kappa shape index (κ1) is 3.37. The Balaban J connectivity index is 2.82. The van der Waals surface area contributed by atoms with Crippen LogP contribution >= 0.6 is 0 Å². The summed E-state index contributed by atoms with van der Waals surface area (Å²) in [6, 6.07) is 8.70. The van der Waals surface area contributed by atoms with Crippen molar-refractivity contribution in [1.82, 2.24) is 0 Å². The summed E-state index contributed by atoms with van der Waals surface area (Å²) in [5.74, 6) is 0. The molecule has 0 bridgehead atoms. The minimum absolute atomic E-state index is 0.239. The molecule has 9 heavy (non-hydrogen) atoms.